The van der Waals surface area contributed by atoms with E-state index in [1.165, 1.54) is 38.5 Å². The van der Waals surface area contributed by atoms with E-state index >= 15 is 0 Å². The van der Waals surface area contributed by atoms with Crippen LogP contribution in [0.5, 0.6) is 0 Å². The van der Waals surface area contributed by atoms with E-state index in [1.54, 1.807) is 0 Å². The number of amidine groups is 1. The molecule has 2 heteroatoms. The third-order valence-electron chi connectivity index (χ3n) is 2.21. The van der Waals surface area contributed by atoms with Crippen molar-refractivity contribution in [2.24, 2.45) is 10.7 Å². The Kier molecular flexibility index (Phi) is 3.40. The molecule has 0 amide bonds. The first kappa shape index (κ1) is 8.57. The highest BCUT2D eigenvalue weighted by Gasteiger charge is 2.09. The van der Waals surface area contributed by atoms with Crippen molar-refractivity contribution >= 4 is 5.84 Å². The Balaban J connectivity index is 2.37. The van der Waals surface area contributed by atoms with Crippen molar-refractivity contribution in [1.29, 1.82) is 0 Å². The average molecular weight is 154 g/mol. The molecule has 1 aliphatic rings. The van der Waals surface area contributed by atoms with Crippen molar-refractivity contribution < 1.29 is 0 Å². The SMILES string of the molecule is CC(N)=NC1CCCCCC1. The summed E-state index contributed by atoms with van der Waals surface area (Å²) in [5.74, 6) is 0.747. The van der Waals surface area contributed by atoms with Crippen LogP contribution in [0.4, 0.5) is 0 Å². The first-order valence-electron chi connectivity index (χ1n) is 4.59. The molecule has 0 atom stereocenters. The van der Waals surface area contributed by atoms with E-state index in [-0.39, 0.29) is 0 Å². The van der Waals surface area contributed by atoms with Gasteiger partial charge >= 0.3 is 0 Å². The number of hydrogen-bond donors (Lipinski definition) is 1. The molecule has 0 radical (unpaired) electrons. The predicted molar refractivity (Wildman–Crippen MR) is 48.8 cm³/mol. The van der Waals surface area contributed by atoms with E-state index in [0.29, 0.717) is 6.04 Å². The Bertz CT molecular complexity index is 128. The topological polar surface area (TPSA) is 38.4 Å². The van der Waals surface area contributed by atoms with Gasteiger partial charge in [-0.25, -0.2) is 0 Å². The summed E-state index contributed by atoms with van der Waals surface area (Å²) in [6.45, 7) is 1.88. The molecule has 2 N–H and O–H groups in total. The molecule has 2 nitrogen and oxygen atoms in total. The van der Waals surface area contributed by atoms with Gasteiger partial charge in [-0.2, -0.15) is 0 Å². The summed E-state index contributed by atoms with van der Waals surface area (Å²) in [6, 6.07) is 0.530. The lowest BCUT2D eigenvalue weighted by atomic mass is 10.1. The molecule has 0 heterocycles. The molecule has 64 valence electrons. The molecule has 0 unspecified atom stereocenters. The average Bonchev–Trinajstić information content (AvgIpc) is 2.14. The van der Waals surface area contributed by atoms with Gasteiger partial charge in [0.15, 0.2) is 0 Å². The van der Waals surface area contributed by atoms with Crippen LogP contribution in [-0.4, -0.2) is 11.9 Å². The Hall–Kier alpha value is -0.530. The van der Waals surface area contributed by atoms with E-state index in [4.69, 9.17) is 5.73 Å². The second-order valence-corrected chi connectivity index (χ2v) is 3.42. The summed E-state index contributed by atoms with van der Waals surface area (Å²) in [5, 5.41) is 0. The maximum atomic E-state index is 5.52. The van der Waals surface area contributed by atoms with Gasteiger partial charge in [0.25, 0.3) is 0 Å². The standard InChI is InChI=1S/C9H18N2/c1-8(10)11-9-6-4-2-3-5-7-9/h9H,2-7H2,1H3,(H2,10,11). The fraction of sp³-hybridized carbons (Fsp3) is 0.889. The molecule has 0 aromatic rings. The quantitative estimate of drug-likeness (QED) is 0.350. The maximum Gasteiger partial charge on any atom is 0.0909 e. The maximum absolute atomic E-state index is 5.52. The van der Waals surface area contributed by atoms with Gasteiger partial charge in [0.2, 0.25) is 0 Å². The molecule has 11 heavy (non-hydrogen) atoms. The van der Waals surface area contributed by atoms with Gasteiger partial charge in [0.05, 0.1) is 11.9 Å². The minimum atomic E-state index is 0.530. The molecule has 1 aliphatic carbocycles. The molecule has 0 saturated heterocycles. The van der Waals surface area contributed by atoms with Crippen LogP contribution in [0.25, 0.3) is 0 Å². The second kappa shape index (κ2) is 4.37. The molecule has 0 spiro atoms. The fourth-order valence-electron chi connectivity index (χ4n) is 1.67. The van der Waals surface area contributed by atoms with Crippen LogP contribution >= 0.6 is 0 Å². The van der Waals surface area contributed by atoms with Crippen LogP contribution < -0.4 is 5.73 Å². The number of nitrogens with two attached hydrogens (primary N) is 1. The minimum Gasteiger partial charge on any atom is -0.388 e. The molecule has 1 rings (SSSR count). The summed E-state index contributed by atoms with van der Waals surface area (Å²) < 4.78 is 0. The number of hydrogen-bond acceptors (Lipinski definition) is 1. The van der Waals surface area contributed by atoms with Gasteiger partial charge in [-0.1, -0.05) is 25.7 Å². The van der Waals surface area contributed by atoms with Crippen molar-refractivity contribution in [3.8, 4) is 0 Å². The zero-order chi connectivity index (χ0) is 8.10. The normalized spacial score (nSPS) is 23.2. The predicted octanol–water partition coefficient (Wildman–Crippen LogP) is 2.09. The second-order valence-electron chi connectivity index (χ2n) is 3.42. The Morgan fingerprint density at radius 2 is 1.73 bits per heavy atom. The molecular weight excluding hydrogens is 136 g/mol. The molecule has 0 aromatic heterocycles. The van der Waals surface area contributed by atoms with Crippen LogP contribution in [0.15, 0.2) is 4.99 Å². The lowest BCUT2D eigenvalue weighted by molar-refractivity contribution is 0.585. The van der Waals surface area contributed by atoms with Crippen molar-refractivity contribution in [1.82, 2.24) is 0 Å². The Morgan fingerprint density at radius 1 is 1.18 bits per heavy atom. The number of rotatable bonds is 1. The summed E-state index contributed by atoms with van der Waals surface area (Å²) in [4.78, 5) is 4.39. The Morgan fingerprint density at radius 3 is 2.18 bits per heavy atom. The van der Waals surface area contributed by atoms with E-state index < -0.39 is 0 Å². The highest BCUT2D eigenvalue weighted by Crippen LogP contribution is 2.19. The van der Waals surface area contributed by atoms with E-state index in [2.05, 4.69) is 4.99 Å². The molecule has 1 fully saturated rings. The first-order chi connectivity index (χ1) is 5.29. The van der Waals surface area contributed by atoms with Crippen LogP contribution in [0.2, 0.25) is 0 Å². The molecule has 1 saturated carbocycles. The van der Waals surface area contributed by atoms with Crippen molar-refractivity contribution in [3.05, 3.63) is 0 Å². The van der Waals surface area contributed by atoms with Crippen molar-refractivity contribution in [2.45, 2.75) is 51.5 Å². The van der Waals surface area contributed by atoms with Gasteiger partial charge in [-0.05, 0) is 19.8 Å². The first-order valence-corrected chi connectivity index (χ1v) is 4.59. The summed E-state index contributed by atoms with van der Waals surface area (Å²) in [6.07, 6.45) is 7.93. The van der Waals surface area contributed by atoms with E-state index in [9.17, 15) is 0 Å². The van der Waals surface area contributed by atoms with Crippen molar-refractivity contribution in [2.75, 3.05) is 0 Å². The molecular formula is C9H18N2. The molecule has 0 bridgehead atoms. The van der Waals surface area contributed by atoms with Gasteiger partial charge in [0, 0.05) is 0 Å². The Labute approximate surface area is 68.9 Å². The lowest BCUT2D eigenvalue weighted by Gasteiger charge is -2.07. The van der Waals surface area contributed by atoms with Gasteiger partial charge in [0.1, 0.15) is 0 Å². The van der Waals surface area contributed by atoms with Crippen LogP contribution in [0.1, 0.15) is 45.4 Å². The van der Waals surface area contributed by atoms with Gasteiger partial charge in [-0.3, -0.25) is 4.99 Å². The van der Waals surface area contributed by atoms with E-state index in [0.717, 1.165) is 5.84 Å². The van der Waals surface area contributed by atoms with Crippen LogP contribution in [-0.2, 0) is 0 Å². The zero-order valence-electron chi connectivity index (χ0n) is 7.34. The monoisotopic (exact) mass is 154 g/mol. The zero-order valence-corrected chi connectivity index (χ0v) is 7.34. The van der Waals surface area contributed by atoms with Gasteiger partial charge < -0.3 is 5.73 Å². The lowest BCUT2D eigenvalue weighted by Crippen LogP contribution is -2.12. The smallest absolute Gasteiger partial charge is 0.0909 e. The summed E-state index contributed by atoms with van der Waals surface area (Å²) >= 11 is 0. The third-order valence-corrected chi connectivity index (χ3v) is 2.21. The number of aliphatic imine (C=N–C) groups is 1. The number of nitrogens with zero attached hydrogens (tertiary/aromatic N) is 1. The largest absolute Gasteiger partial charge is 0.388 e. The van der Waals surface area contributed by atoms with Crippen LogP contribution in [0.3, 0.4) is 0 Å². The minimum absolute atomic E-state index is 0.530. The highest BCUT2D eigenvalue weighted by atomic mass is 14.9. The van der Waals surface area contributed by atoms with Gasteiger partial charge in [-0.15, -0.1) is 0 Å². The van der Waals surface area contributed by atoms with E-state index in [1.807, 2.05) is 6.92 Å². The molecule has 0 aromatic carbocycles. The molecule has 0 aliphatic heterocycles. The highest BCUT2D eigenvalue weighted by molar-refractivity contribution is 5.77. The fourth-order valence-corrected chi connectivity index (χ4v) is 1.67. The summed E-state index contributed by atoms with van der Waals surface area (Å²) in [7, 11) is 0. The van der Waals surface area contributed by atoms with Crippen LogP contribution in [0, 0.1) is 0 Å². The third kappa shape index (κ3) is 3.40. The summed E-state index contributed by atoms with van der Waals surface area (Å²) in [5.41, 5.74) is 5.52. The van der Waals surface area contributed by atoms with Crippen molar-refractivity contribution in [3.63, 3.8) is 0 Å².